The highest BCUT2D eigenvalue weighted by molar-refractivity contribution is 6.30. The van der Waals surface area contributed by atoms with E-state index in [2.05, 4.69) is 15.8 Å². The van der Waals surface area contributed by atoms with Crippen LogP contribution in [0.5, 0.6) is 0 Å². The molecule has 0 unspecified atom stereocenters. The van der Waals surface area contributed by atoms with Gasteiger partial charge < -0.3 is 5.32 Å². The standard InChI is InChI=1S/C15H20ClN3O2/c1-4-11(3)18-19-15(21)8-7-14(20)17-13-6-5-12(16)9-10(13)2/h5-6,9H,4,7-8H2,1-3H3,(H,17,20)(H,19,21)/b18-11+. The summed E-state index contributed by atoms with van der Waals surface area (Å²) in [5.41, 5.74) is 4.84. The zero-order chi connectivity index (χ0) is 15.8. The third-order valence-corrected chi connectivity index (χ3v) is 3.16. The highest BCUT2D eigenvalue weighted by atomic mass is 35.5. The van der Waals surface area contributed by atoms with Gasteiger partial charge >= 0.3 is 0 Å². The first-order valence-corrected chi connectivity index (χ1v) is 7.18. The molecular weight excluding hydrogens is 290 g/mol. The molecular formula is C15H20ClN3O2. The molecule has 0 spiro atoms. The third-order valence-electron chi connectivity index (χ3n) is 2.92. The molecule has 1 aromatic carbocycles. The van der Waals surface area contributed by atoms with Gasteiger partial charge in [-0.1, -0.05) is 18.5 Å². The molecule has 6 heteroatoms. The van der Waals surface area contributed by atoms with E-state index >= 15 is 0 Å². The molecule has 0 bridgehead atoms. The lowest BCUT2D eigenvalue weighted by atomic mass is 10.2. The molecule has 0 radical (unpaired) electrons. The van der Waals surface area contributed by atoms with Crippen LogP contribution in [0.2, 0.25) is 5.02 Å². The topological polar surface area (TPSA) is 70.6 Å². The van der Waals surface area contributed by atoms with Gasteiger partial charge in [0.25, 0.3) is 0 Å². The predicted octanol–water partition coefficient (Wildman–Crippen LogP) is 3.27. The van der Waals surface area contributed by atoms with Crippen molar-refractivity contribution in [2.24, 2.45) is 5.10 Å². The van der Waals surface area contributed by atoms with E-state index in [1.165, 1.54) is 0 Å². The van der Waals surface area contributed by atoms with E-state index in [9.17, 15) is 9.59 Å². The van der Waals surface area contributed by atoms with Crippen LogP contribution in [-0.2, 0) is 9.59 Å². The van der Waals surface area contributed by atoms with Crippen molar-refractivity contribution in [2.75, 3.05) is 5.32 Å². The fourth-order valence-corrected chi connectivity index (χ4v) is 1.73. The third kappa shape index (κ3) is 6.40. The van der Waals surface area contributed by atoms with E-state index in [1.54, 1.807) is 18.2 Å². The number of nitrogens with zero attached hydrogens (tertiary/aromatic N) is 1. The first-order valence-electron chi connectivity index (χ1n) is 6.80. The lowest BCUT2D eigenvalue weighted by Crippen LogP contribution is -2.21. The van der Waals surface area contributed by atoms with Gasteiger partial charge in [-0.2, -0.15) is 5.10 Å². The average Bonchev–Trinajstić information content (AvgIpc) is 2.45. The van der Waals surface area contributed by atoms with Crippen LogP contribution < -0.4 is 10.7 Å². The summed E-state index contributed by atoms with van der Waals surface area (Å²) in [6.45, 7) is 5.64. The van der Waals surface area contributed by atoms with E-state index in [4.69, 9.17) is 11.6 Å². The normalized spacial score (nSPS) is 11.1. The minimum atomic E-state index is -0.272. The summed E-state index contributed by atoms with van der Waals surface area (Å²) in [5, 5.41) is 7.27. The van der Waals surface area contributed by atoms with Gasteiger partial charge in [0.1, 0.15) is 0 Å². The van der Waals surface area contributed by atoms with Crippen LogP contribution in [0, 0.1) is 6.92 Å². The number of halogens is 1. The number of nitrogens with one attached hydrogen (secondary N) is 2. The number of hydrogen-bond acceptors (Lipinski definition) is 3. The Morgan fingerprint density at radius 3 is 2.52 bits per heavy atom. The molecule has 0 fully saturated rings. The number of hydrazone groups is 1. The summed E-state index contributed by atoms with van der Waals surface area (Å²) in [4.78, 5) is 23.3. The summed E-state index contributed by atoms with van der Waals surface area (Å²) in [7, 11) is 0. The zero-order valence-electron chi connectivity index (χ0n) is 12.5. The van der Waals surface area contributed by atoms with Crippen LogP contribution in [0.15, 0.2) is 23.3 Å². The van der Waals surface area contributed by atoms with E-state index in [1.807, 2.05) is 20.8 Å². The van der Waals surface area contributed by atoms with Gasteiger partial charge in [0, 0.05) is 29.3 Å². The van der Waals surface area contributed by atoms with Crippen LogP contribution in [-0.4, -0.2) is 17.5 Å². The molecule has 0 aliphatic heterocycles. The van der Waals surface area contributed by atoms with Crippen molar-refractivity contribution in [1.29, 1.82) is 0 Å². The van der Waals surface area contributed by atoms with E-state index < -0.39 is 0 Å². The summed E-state index contributed by atoms with van der Waals surface area (Å²) < 4.78 is 0. The largest absolute Gasteiger partial charge is 0.326 e. The Bertz CT molecular complexity index is 556. The SMILES string of the molecule is CC/C(C)=N/NC(=O)CCC(=O)Nc1ccc(Cl)cc1C. The lowest BCUT2D eigenvalue weighted by Gasteiger charge is -2.08. The molecule has 5 nitrogen and oxygen atoms in total. The Kier molecular flexibility index (Phi) is 6.88. The lowest BCUT2D eigenvalue weighted by molar-refractivity contribution is -0.124. The van der Waals surface area contributed by atoms with Crippen molar-refractivity contribution in [1.82, 2.24) is 5.43 Å². The first kappa shape index (κ1) is 17.2. The molecule has 0 aromatic heterocycles. The summed E-state index contributed by atoms with van der Waals surface area (Å²) in [6.07, 6.45) is 0.976. The van der Waals surface area contributed by atoms with Gasteiger partial charge in [-0.15, -0.1) is 0 Å². The maximum Gasteiger partial charge on any atom is 0.240 e. The van der Waals surface area contributed by atoms with Crippen molar-refractivity contribution in [3.63, 3.8) is 0 Å². The second kappa shape index (κ2) is 8.42. The van der Waals surface area contributed by atoms with Crippen LogP contribution in [0.25, 0.3) is 0 Å². The Morgan fingerprint density at radius 1 is 1.24 bits per heavy atom. The number of aryl methyl sites for hydroxylation is 1. The van der Waals surface area contributed by atoms with E-state index in [0.717, 1.165) is 17.7 Å². The molecule has 2 N–H and O–H groups in total. The minimum Gasteiger partial charge on any atom is -0.326 e. The molecule has 0 heterocycles. The van der Waals surface area contributed by atoms with Crippen LogP contribution in [0.1, 0.15) is 38.7 Å². The molecule has 21 heavy (non-hydrogen) atoms. The average molecular weight is 310 g/mol. The fourth-order valence-electron chi connectivity index (χ4n) is 1.50. The molecule has 0 aliphatic carbocycles. The first-order chi connectivity index (χ1) is 9.92. The second-order valence-corrected chi connectivity index (χ2v) is 5.18. The zero-order valence-corrected chi connectivity index (χ0v) is 13.3. The van der Waals surface area contributed by atoms with Crippen molar-refractivity contribution >= 4 is 34.8 Å². The Hall–Kier alpha value is -1.88. The molecule has 1 aromatic rings. The maximum atomic E-state index is 11.8. The van der Waals surface area contributed by atoms with Crippen molar-refractivity contribution in [3.8, 4) is 0 Å². The van der Waals surface area contributed by atoms with Crippen molar-refractivity contribution in [2.45, 2.75) is 40.0 Å². The quantitative estimate of drug-likeness (QED) is 0.625. The number of amides is 2. The summed E-state index contributed by atoms with van der Waals surface area (Å²) in [5.74, 6) is -0.488. The van der Waals surface area contributed by atoms with Crippen LogP contribution in [0.3, 0.4) is 0 Å². The predicted molar refractivity (Wildman–Crippen MR) is 85.6 cm³/mol. The highest BCUT2D eigenvalue weighted by Gasteiger charge is 2.08. The number of anilines is 1. The highest BCUT2D eigenvalue weighted by Crippen LogP contribution is 2.19. The Labute approximate surface area is 129 Å². The smallest absolute Gasteiger partial charge is 0.240 e. The van der Waals surface area contributed by atoms with Crippen LogP contribution >= 0.6 is 11.6 Å². The van der Waals surface area contributed by atoms with Crippen LogP contribution in [0.4, 0.5) is 5.69 Å². The molecule has 0 saturated carbocycles. The van der Waals surface area contributed by atoms with Gasteiger partial charge in [0.15, 0.2) is 0 Å². The van der Waals surface area contributed by atoms with Gasteiger partial charge in [-0.25, -0.2) is 5.43 Å². The Balaban J connectivity index is 2.42. The molecule has 2 amide bonds. The number of carbonyl (C=O) groups is 2. The number of benzene rings is 1. The number of hydrogen-bond donors (Lipinski definition) is 2. The van der Waals surface area contributed by atoms with E-state index in [-0.39, 0.29) is 24.7 Å². The van der Waals surface area contributed by atoms with Gasteiger partial charge in [-0.05, 0) is 44.0 Å². The Morgan fingerprint density at radius 2 is 1.90 bits per heavy atom. The molecule has 0 saturated heterocycles. The summed E-state index contributed by atoms with van der Waals surface area (Å²) in [6, 6.07) is 5.22. The minimum absolute atomic E-state index is 0.0962. The van der Waals surface area contributed by atoms with Gasteiger partial charge in [0.2, 0.25) is 11.8 Å². The molecule has 0 aliphatic rings. The van der Waals surface area contributed by atoms with Gasteiger partial charge in [-0.3, -0.25) is 9.59 Å². The fraction of sp³-hybridized carbons (Fsp3) is 0.400. The molecule has 0 atom stereocenters. The van der Waals surface area contributed by atoms with Crippen molar-refractivity contribution < 1.29 is 9.59 Å². The van der Waals surface area contributed by atoms with Crippen molar-refractivity contribution in [3.05, 3.63) is 28.8 Å². The molecule has 114 valence electrons. The van der Waals surface area contributed by atoms with E-state index in [0.29, 0.717) is 10.7 Å². The maximum absolute atomic E-state index is 11.8. The second-order valence-electron chi connectivity index (χ2n) is 4.74. The monoisotopic (exact) mass is 309 g/mol. The molecule has 1 rings (SSSR count). The summed E-state index contributed by atoms with van der Waals surface area (Å²) >= 11 is 5.85. The number of carbonyl (C=O) groups excluding carboxylic acids is 2. The number of rotatable bonds is 6. The van der Waals surface area contributed by atoms with Gasteiger partial charge in [0.05, 0.1) is 0 Å².